The number of carbonyl (C=O) groups excluding carboxylic acids is 1. The number of hydrogen-bond donors (Lipinski definition) is 2. The van der Waals surface area contributed by atoms with E-state index in [9.17, 15) is 9.59 Å². The van der Waals surface area contributed by atoms with Crippen molar-refractivity contribution in [3.05, 3.63) is 58.1 Å². The Hall–Kier alpha value is -3.26. The van der Waals surface area contributed by atoms with Gasteiger partial charge in [-0.2, -0.15) is 0 Å². The number of hydrogen-bond acceptors (Lipinski definition) is 5. The van der Waals surface area contributed by atoms with Crippen LogP contribution in [-0.2, 0) is 30.6 Å². The highest BCUT2D eigenvalue weighted by Gasteiger charge is 2.26. The smallest absolute Gasteiger partial charge is 0.407 e. The lowest BCUT2D eigenvalue weighted by Crippen LogP contribution is -2.36. The number of ether oxygens (including phenoxy) is 2. The van der Waals surface area contributed by atoms with E-state index >= 15 is 0 Å². The molecule has 0 bridgehead atoms. The molecule has 8 nitrogen and oxygen atoms in total. The maximum absolute atomic E-state index is 12.9. The second kappa shape index (κ2) is 11.0. The molecule has 1 heterocycles. The van der Waals surface area contributed by atoms with Gasteiger partial charge in [0.15, 0.2) is 11.5 Å². The molecule has 0 fully saturated rings. The summed E-state index contributed by atoms with van der Waals surface area (Å²) in [6, 6.07) is 10.3. The monoisotopic (exact) mass is 481 g/mol. The largest absolute Gasteiger partial charge is 0.493 e. The van der Waals surface area contributed by atoms with Crippen LogP contribution in [0.3, 0.4) is 0 Å². The van der Waals surface area contributed by atoms with Crippen molar-refractivity contribution in [2.24, 2.45) is 0 Å². The van der Waals surface area contributed by atoms with Crippen LogP contribution in [0.4, 0.5) is 4.79 Å². The summed E-state index contributed by atoms with van der Waals surface area (Å²) in [6.07, 6.45) is 2.19. The van der Waals surface area contributed by atoms with Crippen molar-refractivity contribution in [1.82, 2.24) is 15.1 Å². The van der Waals surface area contributed by atoms with E-state index in [0.717, 1.165) is 42.9 Å². The number of carbonyl (C=O) groups is 2. The Morgan fingerprint density at radius 3 is 2.31 bits per heavy atom. The molecule has 0 saturated heterocycles. The van der Waals surface area contributed by atoms with Gasteiger partial charge in [0, 0.05) is 52.1 Å². The van der Waals surface area contributed by atoms with Crippen molar-refractivity contribution in [1.29, 1.82) is 0 Å². The Morgan fingerprint density at radius 2 is 1.71 bits per heavy atom. The molecule has 2 aromatic carbocycles. The van der Waals surface area contributed by atoms with Crippen LogP contribution in [0.1, 0.15) is 40.2 Å². The molecule has 1 unspecified atom stereocenters. The van der Waals surface area contributed by atoms with Gasteiger partial charge in [0.2, 0.25) is 5.91 Å². The maximum Gasteiger partial charge on any atom is 0.407 e. The fraction of sp³-hybridized carbons (Fsp3) is 0.481. The third-order valence-electron chi connectivity index (χ3n) is 7.13. The Balaban J connectivity index is 1.23. The molecule has 1 aliphatic heterocycles. The zero-order chi connectivity index (χ0) is 24.9. The van der Waals surface area contributed by atoms with Gasteiger partial charge in [-0.05, 0) is 59.2 Å². The van der Waals surface area contributed by atoms with Crippen LogP contribution in [0.5, 0.6) is 11.5 Å². The Labute approximate surface area is 206 Å². The lowest BCUT2D eigenvalue weighted by atomic mass is 9.76. The molecule has 0 saturated carbocycles. The summed E-state index contributed by atoms with van der Waals surface area (Å²) in [7, 11) is 4.86. The predicted molar refractivity (Wildman–Crippen MR) is 133 cm³/mol. The second-order valence-electron chi connectivity index (χ2n) is 9.38. The quantitative estimate of drug-likeness (QED) is 0.535. The lowest BCUT2D eigenvalue weighted by molar-refractivity contribution is -0.131. The Morgan fingerprint density at radius 1 is 1.06 bits per heavy atom. The number of amides is 2. The van der Waals surface area contributed by atoms with E-state index in [1.807, 2.05) is 23.1 Å². The van der Waals surface area contributed by atoms with Crippen LogP contribution in [0, 0.1) is 0 Å². The second-order valence-corrected chi connectivity index (χ2v) is 9.38. The molecule has 0 spiro atoms. The van der Waals surface area contributed by atoms with Gasteiger partial charge in [-0.15, -0.1) is 0 Å². The van der Waals surface area contributed by atoms with Crippen LogP contribution in [-0.4, -0.2) is 74.4 Å². The first kappa shape index (κ1) is 24.9. The molecule has 0 radical (unpaired) electrons. The first-order valence-electron chi connectivity index (χ1n) is 12.2. The zero-order valence-electron chi connectivity index (χ0n) is 20.8. The van der Waals surface area contributed by atoms with Gasteiger partial charge < -0.3 is 29.7 Å². The van der Waals surface area contributed by atoms with Gasteiger partial charge in [0.1, 0.15) is 0 Å². The van der Waals surface area contributed by atoms with E-state index in [2.05, 4.69) is 17.4 Å². The summed E-state index contributed by atoms with van der Waals surface area (Å²) in [4.78, 5) is 27.2. The molecule has 1 aliphatic carbocycles. The van der Waals surface area contributed by atoms with Crippen LogP contribution in [0.2, 0.25) is 0 Å². The molecule has 188 valence electrons. The molecule has 8 heteroatoms. The fourth-order valence-corrected chi connectivity index (χ4v) is 5.01. The average molecular weight is 482 g/mol. The van der Waals surface area contributed by atoms with Gasteiger partial charge in [-0.1, -0.05) is 18.2 Å². The highest BCUT2D eigenvalue weighted by atomic mass is 16.5. The number of methoxy groups -OCH3 is 2. The number of nitrogens with zero attached hydrogens (tertiary/aromatic N) is 2. The maximum atomic E-state index is 12.9. The molecule has 2 aliphatic rings. The summed E-state index contributed by atoms with van der Waals surface area (Å²) < 4.78 is 10.9. The van der Waals surface area contributed by atoms with Crippen molar-refractivity contribution < 1.29 is 24.2 Å². The number of rotatable bonds is 9. The Kier molecular flexibility index (Phi) is 7.80. The van der Waals surface area contributed by atoms with Crippen molar-refractivity contribution >= 4 is 12.0 Å². The minimum Gasteiger partial charge on any atom is -0.493 e. The van der Waals surface area contributed by atoms with Crippen molar-refractivity contribution in [3.63, 3.8) is 0 Å². The van der Waals surface area contributed by atoms with Gasteiger partial charge in [0.25, 0.3) is 0 Å². The molecule has 2 amide bonds. The third kappa shape index (κ3) is 5.70. The van der Waals surface area contributed by atoms with Gasteiger partial charge in [0.05, 0.1) is 14.2 Å². The van der Waals surface area contributed by atoms with Gasteiger partial charge in [-0.25, -0.2) is 4.79 Å². The molecule has 0 aromatic heterocycles. The summed E-state index contributed by atoms with van der Waals surface area (Å²) in [6.45, 7) is 3.28. The van der Waals surface area contributed by atoms with E-state index < -0.39 is 6.09 Å². The zero-order valence-corrected chi connectivity index (χ0v) is 20.8. The van der Waals surface area contributed by atoms with E-state index in [0.29, 0.717) is 38.5 Å². The standard InChI is InChI=1S/C27H35N3O5/c1-29(27(32)33)17-18-4-5-21-13-22(23(21)12-18)16-28-9-6-26(31)30-10-7-19-14-24(34-2)25(35-3)15-20(19)8-11-30/h4-5,12,14-15,22,28H,6-11,13,16-17H2,1-3H3,(H,32,33). The highest BCUT2D eigenvalue weighted by molar-refractivity contribution is 5.76. The summed E-state index contributed by atoms with van der Waals surface area (Å²) in [5.41, 5.74) is 6.05. The average Bonchev–Trinajstić information content (AvgIpc) is 3.06. The molecular formula is C27H35N3O5. The topological polar surface area (TPSA) is 91.3 Å². The summed E-state index contributed by atoms with van der Waals surface area (Å²) in [5.74, 6) is 2.05. The number of fused-ring (bicyclic) bond motifs is 2. The minimum absolute atomic E-state index is 0.178. The third-order valence-corrected chi connectivity index (χ3v) is 7.13. The summed E-state index contributed by atoms with van der Waals surface area (Å²) >= 11 is 0. The van der Waals surface area contributed by atoms with Crippen LogP contribution < -0.4 is 14.8 Å². The predicted octanol–water partition coefficient (Wildman–Crippen LogP) is 3.06. The number of benzene rings is 2. The van der Waals surface area contributed by atoms with E-state index in [1.54, 1.807) is 21.3 Å². The van der Waals surface area contributed by atoms with Crippen LogP contribution in [0.15, 0.2) is 30.3 Å². The van der Waals surface area contributed by atoms with E-state index in [1.165, 1.54) is 27.2 Å². The molecule has 4 rings (SSSR count). The normalized spacial score (nSPS) is 16.4. The van der Waals surface area contributed by atoms with E-state index in [-0.39, 0.29) is 5.91 Å². The van der Waals surface area contributed by atoms with Crippen molar-refractivity contribution in [2.45, 2.75) is 38.1 Å². The minimum atomic E-state index is -0.927. The van der Waals surface area contributed by atoms with Crippen molar-refractivity contribution in [3.8, 4) is 11.5 Å². The molecule has 1 atom stereocenters. The molecule has 2 aromatic rings. The molecule has 2 N–H and O–H groups in total. The molecular weight excluding hydrogens is 446 g/mol. The van der Waals surface area contributed by atoms with Crippen LogP contribution >= 0.6 is 0 Å². The first-order chi connectivity index (χ1) is 16.9. The summed E-state index contributed by atoms with van der Waals surface area (Å²) in [5, 5.41) is 12.5. The fourth-order valence-electron chi connectivity index (χ4n) is 5.01. The first-order valence-corrected chi connectivity index (χ1v) is 12.2. The number of nitrogens with one attached hydrogen (secondary N) is 1. The van der Waals surface area contributed by atoms with E-state index in [4.69, 9.17) is 14.6 Å². The number of carboxylic acid groups (broad SMARTS) is 1. The van der Waals surface area contributed by atoms with Gasteiger partial charge in [-0.3, -0.25) is 4.79 Å². The molecule has 35 heavy (non-hydrogen) atoms. The lowest BCUT2D eigenvalue weighted by Gasteiger charge is -2.31. The Bertz CT molecular complexity index is 1050. The van der Waals surface area contributed by atoms with Crippen LogP contribution in [0.25, 0.3) is 0 Å². The van der Waals surface area contributed by atoms with Crippen molar-refractivity contribution in [2.75, 3.05) is 47.4 Å². The SMILES string of the molecule is COc1cc2c(cc1OC)CCN(C(=O)CCNCC1Cc3ccc(CN(C)C(=O)O)cc31)CC2. The highest BCUT2D eigenvalue weighted by Crippen LogP contribution is 2.35. The van der Waals surface area contributed by atoms with Gasteiger partial charge >= 0.3 is 6.09 Å².